The van der Waals surface area contributed by atoms with Crippen molar-refractivity contribution in [1.82, 2.24) is 0 Å². The lowest BCUT2D eigenvalue weighted by molar-refractivity contribution is -0.117. The molecule has 0 saturated carbocycles. The number of amides is 2. The van der Waals surface area contributed by atoms with Crippen LogP contribution in [0, 0.1) is 6.92 Å². The number of rotatable bonds is 4. The fourth-order valence-electron chi connectivity index (χ4n) is 2.56. The molecule has 0 unspecified atom stereocenters. The van der Waals surface area contributed by atoms with Crippen LogP contribution in [0.25, 0.3) is 6.08 Å². The zero-order valence-electron chi connectivity index (χ0n) is 12.9. The van der Waals surface area contributed by atoms with Gasteiger partial charge in [-0.15, -0.1) is 11.3 Å². The second-order valence-corrected chi connectivity index (χ2v) is 6.79. The lowest BCUT2D eigenvalue weighted by atomic mass is 10.2. The lowest BCUT2D eigenvalue weighted by Gasteiger charge is -2.16. The van der Waals surface area contributed by atoms with E-state index in [4.69, 9.17) is 0 Å². The second kappa shape index (κ2) is 6.79. The molecular weight excluding hydrogens is 308 g/mol. The molecule has 2 aromatic rings. The summed E-state index contributed by atoms with van der Waals surface area (Å²) in [5, 5.41) is 2.84. The third-order valence-corrected chi connectivity index (χ3v) is 4.62. The highest BCUT2D eigenvalue weighted by Gasteiger charge is 2.21. The Balaban J connectivity index is 1.66. The smallest absolute Gasteiger partial charge is 0.248 e. The number of anilines is 2. The molecule has 0 bridgehead atoms. The van der Waals surface area contributed by atoms with E-state index >= 15 is 0 Å². The number of nitrogens with one attached hydrogen (secondary N) is 1. The number of hydrogen-bond acceptors (Lipinski definition) is 3. The Labute approximate surface area is 139 Å². The van der Waals surface area contributed by atoms with E-state index in [0.29, 0.717) is 12.1 Å². The third kappa shape index (κ3) is 3.87. The molecule has 0 atom stereocenters. The van der Waals surface area contributed by atoms with Crippen molar-refractivity contribution in [3.63, 3.8) is 0 Å². The molecule has 1 saturated heterocycles. The predicted octanol–water partition coefficient (Wildman–Crippen LogP) is 3.84. The first kappa shape index (κ1) is 15.5. The molecule has 1 aromatic heterocycles. The van der Waals surface area contributed by atoms with Crippen LogP contribution in [0.1, 0.15) is 22.6 Å². The van der Waals surface area contributed by atoms with Gasteiger partial charge >= 0.3 is 0 Å². The van der Waals surface area contributed by atoms with E-state index in [-0.39, 0.29) is 11.8 Å². The molecule has 1 aliphatic rings. The average molecular weight is 326 g/mol. The number of nitrogens with zero attached hydrogens (tertiary/aromatic N) is 1. The van der Waals surface area contributed by atoms with Crippen molar-refractivity contribution in [1.29, 1.82) is 0 Å². The Morgan fingerprint density at radius 3 is 2.87 bits per heavy atom. The van der Waals surface area contributed by atoms with E-state index in [0.717, 1.165) is 23.5 Å². The molecule has 0 radical (unpaired) electrons. The molecule has 2 amide bonds. The van der Waals surface area contributed by atoms with Gasteiger partial charge in [0.1, 0.15) is 0 Å². The molecule has 1 aliphatic heterocycles. The van der Waals surface area contributed by atoms with Crippen LogP contribution in [-0.4, -0.2) is 18.4 Å². The van der Waals surface area contributed by atoms with Crippen molar-refractivity contribution in [3.05, 3.63) is 52.2 Å². The van der Waals surface area contributed by atoms with Gasteiger partial charge in [0.2, 0.25) is 11.8 Å². The highest BCUT2D eigenvalue weighted by molar-refractivity contribution is 7.12. The van der Waals surface area contributed by atoms with Gasteiger partial charge in [0.05, 0.1) is 0 Å². The highest BCUT2D eigenvalue weighted by Crippen LogP contribution is 2.24. The Morgan fingerprint density at radius 2 is 2.17 bits per heavy atom. The maximum atomic E-state index is 12.0. The van der Waals surface area contributed by atoms with Gasteiger partial charge in [0, 0.05) is 40.2 Å². The van der Waals surface area contributed by atoms with E-state index < -0.39 is 0 Å². The minimum absolute atomic E-state index is 0.140. The summed E-state index contributed by atoms with van der Waals surface area (Å²) in [6, 6.07) is 11.4. The first-order valence-corrected chi connectivity index (χ1v) is 8.39. The fourth-order valence-corrected chi connectivity index (χ4v) is 3.34. The van der Waals surface area contributed by atoms with E-state index in [1.54, 1.807) is 22.3 Å². The van der Waals surface area contributed by atoms with Crippen LogP contribution >= 0.6 is 11.3 Å². The summed E-state index contributed by atoms with van der Waals surface area (Å²) in [6.45, 7) is 2.78. The van der Waals surface area contributed by atoms with E-state index in [1.807, 2.05) is 43.3 Å². The minimum atomic E-state index is -0.180. The first-order valence-electron chi connectivity index (χ1n) is 7.58. The SMILES string of the molecule is Cc1ccc(/C=C/C(=O)Nc2cccc(N3CCCC3=O)c2)s1. The first-order chi connectivity index (χ1) is 11.1. The number of carbonyl (C=O) groups excluding carboxylic acids is 2. The Bertz CT molecular complexity index is 764. The maximum Gasteiger partial charge on any atom is 0.248 e. The number of carbonyl (C=O) groups is 2. The average Bonchev–Trinajstić information content (AvgIpc) is 3.14. The van der Waals surface area contributed by atoms with E-state index in [2.05, 4.69) is 5.32 Å². The summed E-state index contributed by atoms with van der Waals surface area (Å²) in [5.74, 6) is -0.0395. The maximum absolute atomic E-state index is 12.0. The number of aryl methyl sites for hydroxylation is 1. The van der Waals surface area contributed by atoms with Crippen molar-refractivity contribution in [2.45, 2.75) is 19.8 Å². The molecule has 3 rings (SSSR count). The van der Waals surface area contributed by atoms with Gasteiger partial charge in [-0.05, 0) is 49.8 Å². The van der Waals surface area contributed by atoms with Crippen molar-refractivity contribution in [3.8, 4) is 0 Å². The molecule has 1 fully saturated rings. The Morgan fingerprint density at radius 1 is 1.30 bits per heavy atom. The third-order valence-electron chi connectivity index (χ3n) is 3.66. The van der Waals surface area contributed by atoms with Crippen LogP contribution in [0.2, 0.25) is 0 Å². The molecule has 1 N–H and O–H groups in total. The van der Waals surface area contributed by atoms with Gasteiger partial charge in [-0.25, -0.2) is 0 Å². The van der Waals surface area contributed by atoms with E-state index in [1.165, 1.54) is 11.0 Å². The molecule has 4 nitrogen and oxygen atoms in total. The lowest BCUT2D eigenvalue weighted by Crippen LogP contribution is -2.23. The molecule has 0 spiro atoms. The van der Waals surface area contributed by atoms with Crippen LogP contribution in [0.5, 0.6) is 0 Å². The minimum Gasteiger partial charge on any atom is -0.322 e. The van der Waals surface area contributed by atoms with Gasteiger partial charge < -0.3 is 10.2 Å². The molecular formula is C18H18N2O2S. The Hall–Kier alpha value is -2.40. The van der Waals surface area contributed by atoms with Crippen LogP contribution in [0.4, 0.5) is 11.4 Å². The number of thiophene rings is 1. The van der Waals surface area contributed by atoms with Gasteiger partial charge in [0.15, 0.2) is 0 Å². The number of hydrogen-bond donors (Lipinski definition) is 1. The van der Waals surface area contributed by atoms with Crippen molar-refractivity contribution < 1.29 is 9.59 Å². The van der Waals surface area contributed by atoms with Gasteiger partial charge in [-0.1, -0.05) is 6.07 Å². The van der Waals surface area contributed by atoms with E-state index in [9.17, 15) is 9.59 Å². The zero-order valence-corrected chi connectivity index (χ0v) is 13.7. The summed E-state index contributed by atoms with van der Waals surface area (Å²) in [4.78, 5) is 27.8. The van der Waals surface area contributed by atoms with Crippen molar-refractivity contribution in [2.75, 3.05) is 16.8 Å². The second-order valence-electron chi connectivity index (χ2n) is 5.47. The summed E-state index contributed by atoms with van der Waals surface area (Å²) >= 11 is 1.64. The normalized spacial score (nSPS) is 14.7. The molecule has 5 heteroatoms. The van der Waals surface area contributed by atoms with Gasteiger partial charge in [0.25, 0.3) is 0 Å². The van der Waals surface area contributed by atoms with Crippen LogP contribution in [0.15, 0.2) is 42.5 Å². The van der Waals surface area contributed by atoms with Gasteiger partial charge in [-0.3, -0.25) is 9.59 Å². The molecule has 0 aliphatic carbocycles. The molecule has 2 heterocycles. The summed E-state index contributed by atoms with van der Waals surface area (Å²) in [6.07, 6.45) is 4.82. The van der Waals surface area contributed by atoms with Crippen LogP contribution in [0.3, 0.4) is 0 Å². The summed E-state index contributed by atoms with van der Waals surface area (Å²) in [5.41, 5.74) is 1.53. The predicted molar refractivity (Wildman–Crippen MR) is 94.7 cm³/mol. The van der Waals surface area contributed by atoms with Crippen molar-refractivity contribution >= 4 is 40.6 Å². The highest BCUT2D eigenvalue weighted by atomic mass is 32.1. The quantitative estimate of drug-likeness (QED) is 0.868. The zero-order chi connectivity index (χ0) is 16.2. The summed E-state index contributed by atoms with van der Waals surface area (Å²) < 4.78 is 0. The van der Waals surface area contributed by atoms with Crippen LogP contribution < -0.4 is 10.2 Å². The van der Waals surface area contributed by atoms with Crippen LogP contribution in [-0.2, 0) is 9.59 Å². The summed E-state index contributed by atoms with van der Waals surface area (Å²) in [7, 11) is 0. The Kier molecular flexibility index (Phi) is 4.57. The van der Waals surface area contributed by atoms with Gasteiger partial charge in [-0.2, -0.15) is 0 Å². The topological polar surface area (TPSA) is 49.4 Å². The standard InChI is InChI=1S/C18H18N2O2S/c1-13-7-8-16(23-13)9-10-17(21)19-14-4-2-5-15(12-14)20-11-3-6-18(20)22/h2,4-5,7-10,12H,3,6,11H2,1H3,(H,19,21)/b10-9+. The fraction of sp³-hybridized carbons (Fsp3) is 0.222. The monoisotopic (exact) mass is 326 g/mol. The molecule has 23 heavy (non-hydrogen) atoms. The largest absolute Gasteiger partial charge is 0.322 e. The van der Waals surface area contributed by atoms with Crippen molar-refractivity contribution in [2.24, 2.45) is 0 Å². The molecule has 118 valence electrons. The molecule has 1 aromatic carbocycles. The number of benzene rings is 1.